The first-order valence-electron chi connectivity index (χ1n) is 4.74. The van der Waals surface area contributed by atoms with E-state index in [2.05, 4.69) is 5.32 Å². The molecule has 0 saturated heterocycles. The van der Waals surface area contributed by atoms with E-state index in [-0.39, 0.29) is 0 Å². The second kappa shape index (κ2) is 4.94. The van der Waals surface area contributed by atoms with E-state index in [4.69, 9.17) is 28.3 Å². The van der Waals surface area contributed by atoms with Crippen molar-refractivity contribution < 1.29 is 14.7 Å². The van der Waals surface area contributed by atoms with Gasteiger partial charge in [-0.3, -0.25) is 9.59 Å². The molecule has 17 heavy (non-hydrogen) atoms. The van der Waals surface area contributed by atoms with Crippen LogP contribution in [-0.2, 0) is 9.59 Å². The molecule has 92 valence electrons. The molecule has 0 fully saturated rings. The molecule has 6 heteroatoms. The maximum atomic E-state index is 11.7. The van der Waals surface area contributed by atoms with E-state index >= 15 is 0 Å². The van der Waals surface area contributed by atoms with E-state index in [1.54, 1.807) is 0 Å². The van der Waals surface area contributed by atoms with Crippen LogP contribution in [0.25, 0.3) is 0 Å². The Bertz CT molecular complexity index is 452. The summed E-state index contributed by atoms with van der Waals surface area (Å²) in [6.45, 7) is 2.63. The number of anilines is 1. The minimum absolute atomic E-state index is 0.362. The second-order valence-corrected chi connectivity index (χ2v) is 4.92. The monoisotopic (exact) mass is 275 g/mol. The largest absolute Gasteiger partial charge is 0.480 e. The van der Waals surface area contributed by atoms with Crippen molar-refractivity contribution in [1.82, 2.24) is 0 Å². The highest BCUT2D eigenvalue weighted by Crippen LogP contribution is 2.24. The highest BCUT2D eigenvalue weighted by atomic mass is 35.5. The van der Waals surface area contributed by atoms with Gasteiger partial charge in [0.05, 0.1) is 0 Å². The van der Waals surface area contributed by atoms with Crippen LogP contribution in [0.1, 0.15) is 13.8 Å². The fraction of sp³-hybridized carbons (Fsp3) is 0.273. The molecule has 0 spiro atoms. The third kappa shape index (κ3) is 3.35. The van der Waals surface area contributed by atoms with Crippen LogP contribution in [0.2, 0.25) is 10.0 Å². The standard InChI is InChI=1S/C11H11Cl2NO3/c1-11(2,10(16)17)9(15)14-8-4-6(12)3-7(13)5-8/h3-5H,1-2H3,(H,14,15)(H,16,17). The van der Waals surface area contributed by atoms with Crippen molar-refractivity contribution in [3.8, 4) is 0 Å². The molecular formula is C11H11Cl2NO3. The van der Waals surface area contributed by atoms with Crippen molar-refractivity contribution in [3.05, 3.63) is 28.2 Å². The van der Waals surface area contributed by atoms with Crippen LogP contribution in [0.15, 0.2) is 18.2 Å². The van der Waals surface area contributed by atoms with E-state index in [1.165, 1.54) is 32.0 Å². The molecule has 1 aromatic carbocycles. The zero-order valence-corrected chi connectivity index (χ0v) is 10.8. The quantitative estimate of drug-likeness (QED) is 0.834. The molecule has 0 bridgehead atoms. The molecule has 1 amide bonds. The van der Waals surface area contributed by atoms with Crippen molar-refractivity contribution in [1.29, 1.82) is 0 Å². The van der Waals surface area contributed by atoms with Gasteiger partial charge in [0.2, 0.25) is 5.91 Å². The molecule has 0 heterocycles. The molecule has 0 radical (unpaired) electrons. The third-order valence-electron chi connectivity index (χ3n) is 2.22. The fourth-order valence-corrected chi connectivity index (χ4v) is 1.54. The van der Waals surface area contributed by atoms with E-state index < -0.39 is 17.3 Å². The van der Waals surface area contributed by atoms with Gasteiger partial charge in [-0.15, -0.1) is 0 Å². The van der Waals surface area contributed by atoms with Gasteiger partial charge < -0.3 is 10.4 Å². The smallest absolute Gasteiger partial charge is 0.318 e. The van der Waals surface area contributed by atoms with Crippen LogP contribution in [0.4, 0.5) is 5.69 Å². The zero-order valence-electron chi connectivity index (χ0n) is 9.25. The fourth-order valence-electron chi connectivity index (χ4n) is 1.01. The molecule has 0 unspecified atom stereocenters. The van der Waals surface area contributed by atoms with Gasteiger partial charge >= 0.3 is 5.97 Å². The normalized spacial score (nSPS) is 11.1. The number of carboxylic acids is 1. The molecule has 0 aliphatic heterocycles. The predicted octanol–water partition coefficient (Wildman–Crippen LogP) is 3.04. The van der Waals surface area contributed by atoms with Gasteiger partial charge in [0.1, 0.15) is 5.41 Å². The Morgan fingerprint density at radius 1 is 1.18 bits per heavy atom. The van der Waals surface area contributed by atoms with Gasteiger partial charge in [0, 0.05) is 15.7 Å². The average Bonchev–Trinajstić information content (AvgIpc) is 2.15. The lowest BCUT2D eigenvalue weighted by molar-refractivity contribution is -0.151. The summed E-state index contributed by atoms with van der Waals surface area (Å²) >= 11 is 11.5. The number of rotatable bonds is 3. The first kappa shape index (κ1) is 13.8. The second-order valence-electron chi connectivity index (χ2n) is 4.04. The van der Waals surface area contributed by atoms with Crippen molar-refractivity contribution in [2.24, 2.45) is 5.41 Å². The van der Waals surface area contributed by atoms with Crippen molar-refractivity contribution in [2.75, 3.05) is 5.32 Å². The topological polar surface area (TPSA) is 66.4 Å². The number of hydrogen-bond acceptors (Lipinski definition) is 2. The van der Waals surface area contributed by atoms with Crippen LogP contribution < -0.4 is 5.32 Å². The minimum Gasteiger partial charge on any atom is -0.480 e. The Kier molecular flexibility index (Phi) is 4.01. The van der Waals surface area contributed by atoms with Gasteiger partial charge in [0.15, 0.2) is 0 Å². The summed E-state index contributed by atoms with van der Waals surface area (Å²) in [4.78, 5) is 22.6. The Hall–Kier alpha value is -1.26. The van der Waals surface area contributed by atoms with Crippen LogP contribution in [0, 0.1) is 5.41 Å². The Morgan fingerprint density at radius 2 is 1.65 bits per heavy atom. The van der Waals surface area contributed by atoms with Gasteiger partial charge in [-0.1, -0.05) is 23.2 Å². The summed E-state index contributed by atoms with van der Waals surface area (Å²) in [7, 11) is 0. The summed E-state index contributed by atoms with van der Waals surface area (Å²) < 4.78 is 0. The van der Waals surface area contributed by atoms with E-state index in [9.17, 15) is 9.59 Å². The third-order valence-corrected chi connectivity index (χ3v) is 2.66. The summed E-state index contributed by atoms with van der Waals surface area (Å²) in [6, 6.07) is 4.49. The summed E-state index contributed by atoms with van der Waals surface area (Å²) in [6.07, 6.45) is 0. The lowest BCUT2D eigenvalue weighted by atomic mass is 9.92. The first-order valence-corrected chi connectivity index (χ1v) is 5.50. The van der Waals surface area contributed by atoms with Crippen molar-refractivity contribution in [3.63, 3.8) is 0 Å². The average molecular weight is 276 g/mol. The van der Waals surface area contributed by atoms with Crippen LogP contribution in [0.3, 0.4) is 0 Å². The molecule has 4 nitrogen and oxygen atoms in total. The Morgan fingerprint density at radius 3 is 2.06 bits per heavy atom. The molecule has 1 rings (SSSR count). The summed E-state index contributed by atoms with van der Waals surface area (Å²) in [5.41, 5.74) is -1.16. The SMILES string of the molecule is CC(C)(C(=O)O)C(=O)Nc1cc(Cl)cc(Cl)c1. The molecule has 0 aromatic heterocycles. The lowest BCUT2D eigenvalue weighted by Gasteiger charge is -2.18. The van der Waals surface area contributed by atoms with Crippen LogP contribution >= 0.6 is 23.2 Å². The van der Waals surface area contributed by atoms with Gasteiger partial charge in [-0.25, -0.2) is 0 Å². The number of benzene rings is 1. The molecule has 0 saturated carbocycles. The Balaban J connectivity index is 2.92. The van der Waals surface area contributed by atoms with Gasteiger partial charge in [-0.05, 0) is 32.0 Å². The Labute approximate surface area is 109 Å². The maximum Gasteiger partial charge on any atom is 0.318 e. The molecular weight excluding hydrogens is 265 g/mol. The predicted molar refractivity (Wildman–Crippen MR) is 66.5 cm³/mol. The number of halogens is 2. The molecule has 0 aliphatic carbocycles. The number of carboxylic acid groups (broad SMARTS) is 1. The highest BCUT2D eigenvalue weighted by Gasteiger charge is 2.36. The summed E-state index contributed by atoms with van der Waals surface area (Å²) in [5.74, 6) is -1.84. The minimum atomic E-state index is -1.52. The van der Waals surface area contributed by atoms with Crippen LogP contribution in [-0.4, -0.2) is 17.0 Å². The molecule has 2 N–H and O–H groups in total. The summed E-state index contributed by atoms with van der Waals surface area (Å²) in [5, 5.41) is 12.1. The molecule has 0 atom stereocenters. The number of carbonyl (C=O) groups is 2. The number of amides is 1. The highest BCUT2D eigenvalue weighted by molar-refractivity contribution is 6.35. The van der Waals surface area contributed by atoms with E-state index in [0.29, 0.717) is 15.7 Å². The van der Waals surface area contributed by atoms with Crippen LogP contribution in [0.5, 0.6) is 0 Å². The van der Waals surface area contributed by atoms with E-state index in [0.717, 1.165) is 0 Å². The van der Waals surface area contributed by atoms with Gasteiger partial charge in [0.25, 0.3) is 0 Å². The number of hydrogen-bond donors (Lipinski definition) is 2. The maximum absolute atomic E-state index is 11.7. The number of carbonyl (C=O) groups excluding carboxylic acids is 1. The van der Waals surface area contributed by atoms with Crippen molar-refractivity contribution in [2.45, 2.75) is 13.8 Å². The number of aliphatic carboxylic acids is 1. The molecule has 1 aromatic rings. The zero-order chi connectivity index (χ0) is 13.2. The van der Waals surface area contributed by atoms with Crippen molar-refractivity contribution >= 4 is 40.8 Å². The first-order chi connectivity index (χ1) is 7.73. The molecule has 0 aliphatic rings. The number of nitrogens with one attached hydrogen (secondary N) is 1. The van der Waals surface area contributed by atoms with Gasteiger partial charge in [-0.2, -0.15) is 0 Å². The van der Waals surface area contributed by atoms with E-state index in [1.807, 2.05) is 0 Å². The lowest BCUT2D eigenvalue weighted by Crippen LogP contribution is -2.37.